The first-order chi connectivity index (χ1) is 7.85. The van der Waals surface area contributed by atoms with Crippen LogP contribution in [0.15, 0.2) is 0 Å². The highest BCUT2D eigenvalue weighted by atomic mass is 32.2. The van der Waals surface area contributed by atoms with Gasteiger partial charge in [0.15, 0.2) is 0 Å². The summed E-state index contributed by atoms with van der Waals surface area (Å²) in [5, 5.41) is 2.02. The molecule has 1 heterocycles. The van der Waals surface area contributed by atoms with E-state index in [4.69, 9.17) is 0 Å². The summed E-state index contributed by atoms with van der Waals surface area (Å²) in [5.41, 5.74) is 0. The first kappa shape index (κ1) is 14.4. The monoisotopic (exact) mass is 242 g/mol. The van der Waals surface area contributed by atoms with E-state index in [9.17, 15) is 0 Å². The average molecular weight is 242 g/mol. The van der Waals surface area contributed by atoms with Crippen molar-refractivity contribution >= 4 is 11.8 Å². The van der Waals surface area contributed by atoms with Crippen molar-refractivity contribution in [3.63, 3.8) is 0 Å². The van der Waals surface area contributed by atoms with E-state index < -0.39 is 0 Å². The Bertz CT molecular complexity index is 154. The van der Waals surface area contributed by atoms with Gasteiger partial charge in [0.1, 0.15) is 0 Å². The Hall–Kier alpha value is 0.350. The summed E-state index contributed by atoms with van der Waals surface area (Å²) in [6, 6.07) is 0. The lowest BCUT2D eigenvalue weighted by atomic mass is 9.79. The van der Waals surface area contributed by atoms with E-state index in [1.165, 1.54) is 38.5 Å². The van der Waals surface area contributed by atoms with Gasteiger partial charge in [0.05, 0.1) is 0 Å². The summed E-state index contributed by atoms with van der Waals surface area (Å²) in [7, 11) is 0. The maximum Gasteiger partial charge on any atom is 0.00783 e. The van der Waals surface area contributed by atoms with Gasteiger partial charge in [-0.3, -0.25) is 0 Å². The molecule has 0 spiro atoms. The molecule has 2 aliphatic rings. The summed E-state index contributed by atoms with van der Waals surface area (Å²) in [6.45, 7) is 8.76. The van der Waals surface area contributed by atoms with Gasteiger partial charge in [0, 0.05) is 10.5 Å². The zero-order chi connectivity index (χ0) is 12.0. The summed E-state index contributed by atoms with van der Waals surface area (Å²) < 4.78 is 0. The molecule has 0 bridgehead atoms. The third-order valence-electron chi connectivity index (χ3n) is 4.25. The summed E-state index contributed by atoms with van der Waals surface area (Å²) >= 11 is 2.35. The SMILES string of the molecule is CC.CCC1CC2CCCCC2SC1CC. The summed E-state index contributed by atoms with van der Waals surface area (Å²) in [6.07, 6.45) is 10.4. The molecular formula is C15H30S. The van der Waals surface area contributed by atoms with Crippen LogP contribution in [0.4, 0.5) is 0 Å². The van der Waals surface area contributed by atoms with Gasteiger partial charge in [-0.1, -0.05) is 47.0 Å². The highest BCUT2D eigenvalue weighted by molar-refractivity contribution is 8.00. The molecule has 0 aromatic rings. The van der Waals surface area contributed by atoms with Crippen LogP contribution in [0.25, 0.3) is 0 Å². The Morgan fingerprint density at radius 3 is 2.31 bits per heavy atom. The second-order valence-electron chi connectivity index (χ2n) is 5.07. The van der Waals surface area contributed by atoms with Crippen LogP contribution < -0.4 is 0 Å². The molecular weight excluding hydrogens is 212 g/mol. The second-order valence-corrected chi connectivity index (χ2v) is 6.55. The predicted octanol–water partition coefficient (Wildman–Crippen LogP) is 5.51. The molecule has 96 valence electrons. The van der Waals surface area contributed by atoms with E-state index in [0.29, 0.717) is 0 Å². The van der Waals surface area contributed by atoms with Crippen molar-refractivity contribution in [3.8, 4) is 0 Å². The molecule has 2 rings (SSSR count). The lowest BCUT2D eigenvalue weighted by Gasteiger charge is -2.43. The zero-order valence-electron chi connectivity index (χ0n) is 11.7. The minimum absolute atomic E-state index is 0.986. The molecule has 0 amide bonds. The largest absolute Gasteiger partial charge is 0.155 e. The molecule has 1 aliphatic carbocycles. The number of fused-ring (bicyclic) bond motifs is 1. The fourth-order valence-corrected chi connectivity index (χ4v) is 5.30. The quantitative estimate of drug-likeness (QED) is 0.615. The van der Waals surface area contributed by atoms with Crippen LogP contribution in [0.5, 0.6) is 0 Å². The van der Waals surface area contributed by atoms with Gasteiger partial charge in [-0.05, 0) is 37.5 Å². The van der Waals surface area contributed by atoms with Crippen molar-refractivity contribution in [2.45, 2.75) is 83.1 Å². The fraction of sp³-hybridized carbons (Fsp3) is 1.00. The van der Waals surface area contributed by atoms with Crippen LogP contribution in [-0.4, -0.2) is 10.5 Å². The lowest BCUT2D eigenvalue weighted by molar-refractivity contribution is 0.267. The minimum Gasteiger partial charge on any atom is -0.155 e. The third kappa shape index (κ3) is 3.42. The van der Waals surface area contributed by atoms with E-state index in [1.807, 2.05) is 13.8 Å². The standard InChI is InChI=1S/C13H24S.C2H6/c1-3-10-9-11-7-5-6-8-13(11)14-12(10)4-2;1-2/h10-13H,3-9H2,1-2H3;1-2H3. The molecule has 1 saturated carbocycles. The Balaban J connectivity index is 0.000000606. The number of hydrogen-bond donors (Lipinski definition) is 0. The molecule has 0 nitrogen and oxygen atoms in total. The Morgan fingerprint density at radius 1 is 1.00 bits per heavy atom. The smallest absolute Gasteiger partial charge is 0.00783 e. The first-order valence-corrected chi connectivity index (χ1v) is 8.44. The molecule has 4 unspecified atom stereocenters. The van der Waals surface area contributed by atoms with E-state index in [2.05, 4.69) is 25.6 Å². The maximum atomic E-state index is 2.39. The number of hydrogen-bond acceptors (Lipinski definition) is 1. The maximum absolute atomic E-state index is 2.39. The Kier molecular flexibility index (Phi) is 6.87. The van der Waals surface area contributed by atoms with Crippen LogP contribution >= 0.6 is 11.8 Å². The highest BCUT2D eigenvalue weighted by Crippen LogP contribution is 2.47. The minimum atomic E-state index is 0.986. The normalized spacial score (nSPS) is 38.2. The van der Waals surface area contributed by atoms with Gasteiger partial charge in [-0.15, -0.1) is 0 Å². The molecule has 2 fully saturated rings. The van der Waals surface area contributed by atoms with E-state index in [1.54, 1.807) is 6.42 Å². The zero-order valence-corrected chi connectivity index (χ0v) is 12.5. The van der Waals surface area contributed by atoms with Crippen molar-refractivity contribution in [1.82, 2.24) is 0 Å². The third-order valence-corrected chi connectivity index (χ3v) is 6.28. The summed E-state index contributed by atoms with van der Waals surface area (Å²) in [4.78, 5) is 0. The van der Waals surface area contributed by atoms with Crippen LogP contribution in [0.1, 0.15) is 72.6 Å². The lowest BCUT2D eigenvalue weighted by Crippen LogP contribution is -2.35. The van der Waals surface area contributed by atoms with Gasteiger partial charge in [0.25, 0.3) is 0 Å². The van der Waals surface area contributed by atoms with Crippen LogP contribution in [0, 0.1) is 11.8 Å². The van der Waals surface area contributed by atoms with Gasteiger partial charge in [0.2, 0.25) is 0 Å². The number of thioether (sulfide) groups is 1. The van der Waals surface area contributed by atoms with Gasteiger partial charge in [-0.25, -0.2) is 0 Å². The van der Waals surface area contributed by atoms with Crippen LogP contribution in [0.3, 0.4) is 0 Å². The molecule has 0 radical (unpaired) electrons. The molecule has 16 heavy (non-hydrogen) atoms. The average Bonchev–Trinajstić information content (AvgIpc) is 2.39. The molecule has 0 aromatic carbocycles. The molecule has 4 atom stereocenters. The van der Waals surface area contributed by atoms with Crippen molar-refractivity contribution in [1.29, 1.82) is 0 Å². The molecule has 1 heteroatoms. The van der Waals surface area contributed by atoms with Crippen molar-refractivity contribution < 1.29 is 0 Å². The number of rotatable bonds is 2. The Labute approximate surface area is 107 Å². The predicted molar refractivity (Wildman–Crippen MR) is 77.2 cm³/mol. The van der Waals surface area contributed by atoms with E-state index in [-0.39, 0.29) is 0 Å². The van der Waals surface area contributed by atoms with Crippen molar-refractivity contribution in [2.24, 2.45) is 11.8 Å². The van der Waals surface area contributed by atoms with Gasteiger partial charge >= 0.3 is 0 Å². The molecule has 1 saturated heterocycles. The summed E-state index contributed by atoms with van der Waals surface area (Å²) in [5.74, 6) is 2.12. The molecule has 0 aromatic heterocycles. The second kappa shape index (κ2) is 7.63. The fourth-order valence-electron chi connectivity index (χ4n) is 3.36. The molecule has 1 aliphatic heterocycles. The topological polar surface area (TPSA) is 0 Å². The van der Waals surface area contributed by atoms with E-state index >= 15 is 0 Å². The van der Waals surface area contributed by atoms with Gasteiger partial charge in [-0.2, -0.15) is 11.8 Å². The molecule has 0 N–H and O–H groups in total. The highest BCUT2D eigenvalue weighted by Gasteiger charge is 2.36. The van der Waals surface area contributed by atoms with Crippen molar-refractivity contribution in [2.75, 3.05) is 0 Å². The first-order valence-electron chi connectivity index (χ1n) is 7.50. The van der Waals surface area contributed by atoms with Crippen molar-refractivity contribution in [3.05, 3.63) is 0 Å². The van der Waals surface area contributed by atoms with Crippen LogP contribution in [0.2, 0.25) is 0 Å². The van der Waals surface area contributed by atoms with E-state index in [0.717, 1.165) is 22.3 Å². The van der Waals surface area contributed by atoms with Crippen LogP contribution in [-0.2, 0) is 0 Å². The Morgan fingerprint density at radius 2 is 1.69 bits per heavy atom. The van der Waals surface area contributed by atoms with Gasteiger partial charge < -0.3 is 0 Å².